The molecule has 1 N–H and O–H groups in total. The van der Waals surface area contributed by atoms with Crippen LogP contribution in [0.5, 0.6) is 0 Å². The molecule has 0 spiro atoms. The summed E-state index contributed by atoms with van der Waals surface area (Å²) in [6, 6.07) is -0.761. The van der Waals surface area contributed by atoms with Crippen LogP contribution >= 0.6 is 11.8 Å². The van der Waals surface area contributed by atoms with E-state index in [0.717, 1.165) is 6.42 Å². The highest BCUT2D eigenvalue weighted by atomic mass is 32.2. The fraction of sp³-hybridized carbons (Fsp3) is 0.769. The van der Waals surface area contributed by atoms with Gasteiger partial charge in [0, 0.05) is 25.3 Å². The van der Waals surface area contributed by atoms with E-state index in [0.29, 0.717) is 18.8 Å². The van der Waals surface area contributed by atoms with Crippen molar-refractivity contribution in [1.29, 1.82) is 0 Å². The van der Waals surface area contributed by atoms with E-state index in [1.807, 2.05) is 13.8 Å². The van der Waals surface area contributed by atoms with Crippen LogP contribution in [0.4, 0.5) is 0 Å². The molecule has 2 aliphatic rings. The molecule has 2 rings (SSSR count). The van der Waals surface area contributed by atoms with Gasteiger partial charge in [-0.05, 0) is 13.3 Å². The summed E-state index contributed by atoms with van der Waals surface area (Å²) < 4.78 is 0. The van der Waals surface area contributed by atoms with Gasteiger partial charge in [0.25, 0.3) is 0 Å². The van der Waals surface area contributed by atoms with E-state index in [1.165, 1.54) is 16.7 Å². The lowest BCUT2D eigenvalue weighted by Gasteiger charge is -2.29. The summed E-state index contributed by atoms with van der Waals surface area (Å²) in [7, 11) is 0. The molecule has 2 fully saturated rings. The van der Waals surface area contributed by atoms with Gasteiger partial charge < -0.3 is 14.9 Å². The molecular weight excluding hydrogens is 280 g/mol. The van der Waals surface area contributed by atoms with Crippen molar-refractivity contribution in [3.8, 4) is 0 Å². The van der Waals surface area contributed by atoms with E-state index in [9.17, 15) is 19.5 Å². The number of amides is 2. The van der Waals surface area contributed by atoms with E-state index in [4.69, 9.17) is 0 Å². The molecule has 2 amide bonds. The Morgan fingerprint density at radius 2 is 2.10 bits per heavy atom. The molecule has 112 valence electrons. The zero-order chi connectivity index (χ0) is 14.9. The third-order valence-corrected chi connectivity index (χ3v) is 5.38. The highest BCUT2D eigenvalue weighted by molar-refractivity contribution is 8.00. The van der Waals surface area contributed by atoms with Crippen LogP contribution in [0.2, 0.25) is 0 Å². The van der Waals surface area contributed by atoms with E-state index >= 15 is 0 Å². The van der Waals surface area contributed by atoms with Crippen LogP contribution in [0, 0.1) is 5.92 Å². The van der Waals surface area contributed by atoms with Gasteiger partial charge >= 0.3 is 5.97 Å². The van der Waals surface area contributed by atoms with Crippen LogP contribution in [0.1, 0.15) is 26.7 Å². The zero-order valence-corrected chi connectivity index (χ0v) is 12.6. The maximum absolute atomic E-state index is 12.6. The number of hydrogen-bond donors (Lipinski definition) is 1. The summed E-state index contributed by atoms with van der Waals surface area (Å²) in [5.74, 6) is -1.12. The summed E-state index contributed by atoms with van der Waals surface area (Å²) in [6.07, 6.45) is 0.926. The Morgan fingerprint density at radius 3 is 2.60 bits per heavy atom. The lowest BCUT2D eigenvalue weighted by Crippen LogP contribution is -2.48. The second-order valence-electron chi connectivity index (χ2n) is 5.13. The fourth-order valence-electron chi connectivity index (χ4n) is 2.82. The van der Waals surface area contributed by atoms with Crippen molar-refractivity contribution in [3.63, 3.8) is 0 Å². The molecule has 20 heavy (non-hydrogen) atoms. The fourth-order valence-corrected chi connectivity index (χ4v) is 4.17. The number of aliphatic carboxylic acids is 1. The first-order valence-electron chi connectivity index (χ1n) is 6.93. The number of carboxylic acids is 1. The maximum Gasteiger partial charge on any atom is 0.327 e. The first-order valence-corrected chi connectivity index (χ1v) is 7.98. The topological polar surface area (TPSA) is 77.9 Å². The summed E-state index contributed by atoms with van der Waals surface area (Å²) in [6.45, 7) is 4.83. The van der Waals surface area contributed by atoms with Gasteiger partial charge in [0.2, 0.25) is 11.8 Å². The molecule has 0 aromatic rings. The van der Waals surface area contributed by atoms with Crippen molar-refractivity contribution >= 4 is 29.5 Å². The monoisotopic (exact) mass is 300 g/mol. The van der Waals surface area contributed by atoms with Crippen LogP contribution < -0.4 is 0 Å². The molecule has 2 aliphatic heterocycles. The second-order valence-corrected chi connectivity index (χ2v) is 6.34. The van der Waals surface area contributed by atoms with Crippen molar-refractivity contribution in [2.75, 3.05) is 18.8 Å². The lowest BCUT2D eigenvalue weighted by atomic mass is 10.1. The Bertz CT molecular complexity index is 429. The largest absolute Gasteiger partial charge is 0.480 e. The van der Waals surface area contributed by atoms with Crippen molar-refractivity contribution in [3.05, 3.63) is 0 Å². The Hall–Kier alpha value is -1.24. The third-order valence-electron chi connectivity index (χ3n) is 3.93. The Kier molecular flexibility index (Phi) is 4.57. The van der Waals surface area contributed by atoms with Gasteiger partial charge in [-0.2, -0.15) is 0 Å². The predicted octanol–water partition coefficient (Wildman–Crippen LogP) is 0.619. The van der Waals surface area contributed by atoms with Gasteiger partial charge in [0.15, 0.2) is 0 Å². The third kappa shape index (κ3) is 2.63. The molecule has 2 heterocycles. The number of likely N-dealkylation sites (tertiary alicyclic amines) is 1. The van der Waals surface area contributed by atoms with Gasteiger partial charge in [-0.1, -0.05) is 6.92 Å². The molecule has 7 heteroatoms. The van der Waals surface area contributed by atoms with E-state index < -0.39 is 17.9 Å². The van der Waals surface area contributed by atoms with Crippen LogP contribution in [-0.2, 0) is 14.4 Å². The summed E-state index contributed by atoms with van der Waals surface area (Å²) in [4.78, 5) is 38.8. The molecule has 0 aromatic heterocycles. The van der Waals surface area contributed by atoms with Crippen molar-refractivity contribution < 1.29 is 19.5 Å². The Balaban J connectivity index is 2.14. The van der Waals surface area contributed by atoms with Gasteiger partial charge in [-0.25, -0.2) is 4.79 Å². The molecule has 2 saturated heterocycles. The Morgan fingerprint density at radius 1 is 1.40 bits per heavy atom. The average molecular weight is 300 g/mol. The maximum atomic E-state index is 12.6. The minimum atomic E-state index is -0.960. The van der Waals surface area contributed by atoms with Gasteiger partial charge in [-0.15, -0.1) is 11.8 Å². The van der Waals surface area contributed by atoms with Crippen LogP contribution in [-0.4, -0.2) is 62.9 Å². The summed E-state index contributed by atoms with van der Waals surface area (Å²) >= 11 is 1.51. The number of carbonyl (C=O) groups is 3. The minimum Gasteiger partial charge on any atom is -0.480 e. The molecule has 0 aromatic carbocycles. The quantitative estimate of drug-likeness (QED) is 0.823. The number of hydrogen-bond acceptors (Lipinski definition) is 4. The molecule has 0 saturated carbocycles. The van der Waals surface area contributed by atoms with E-state index in [2.05, 4.69) is 0 Å². The SMILES string of the molecule is CCC1SCC(C(=O)O)N1C(=O)C1CC(=O)N(CC)C1. The second kappa shape index (κ2) is 6.03. The number of nitrogens with zero attached hydrogens (tertiary/aromatic N) is 2. The zero-order valence-electron chi connectivity index (χ0n) is 11.7. The number of thioether (sulfide) groups is 1. The first kappa shape index (κ1) is 15.2. The minimum absolute atomic E-state index is 0.0161. The molecule has 0 bridgehead atoms. The number of carboxylic acid groups (broad SMARTS) is 1. The van der Waals surface area contributed by atoms with Crippen LogP contribution in [0.25, 0.3) is 0 Å². The molecular formula is C13H20N2O4S. The van der Waals surface area contributed by atoms with Crippen molar-refractivity contribution in [2.24, 2.45) is 5.92 Å². The highest BCUT2D eigenvalue weighted by Crippen LogP contribution is 2.34. The normalized spacial score (nSPS) is 30.1. The number of carbonyl (C=O) groups excluding carboxylic acids is 2. The van der Waals surface area contributed by atoms with Gasteiger partial charge in [0.05, 0.1) is 11.3 Å². The average Bonchev–Trinajstić information content (AvgIpc) is 3.00. The molecule has 3 unspecified atom stereocenters. The number of rotatable bonds is 4. The standard InChI is InChI=1S/C13H20N2O4S/c1-3-11-15(9(7-20-11)13(18)19)12(17)8-5-10(16)14(4-2)6-8/h8-9,11H,3-7H2,1-2H3,(H,18,19). The van der Waals surface area contributed by atoms with Crippen LogP contribution in [0.3, 0.4) is 0 Å². The summed E-state index contributed by atoms with van der Waals surface area (Å²) in [5, 5.41) is 9.17. The Labute approximate surface area is 122 Å². The molecule has 6 nitrogen and oxygen atoms in total. The lowest BCUT2D eigenvalue weighted by molar-refractivity contribution is -0.150. The smallest absolute Gasteiger partial charge is 0.327 e. The predicted molar refractivity (Wildman–Crippen MR) is 75.2 cm³/mol. The van der Waals surface area contributed by atoms with E-state index in [-0.39, 0.29) is 23.6 Å². The van der Waals surface area contributed by atoms with Gasteiger partial charge in [-0.3, -0.25) is 9.59 Å². The van der Waals surface area contributed by atoms with Crippen molar-refractivity contribution in [1.82, 2.24) is 9.80 Å². The first-order chi connectivity index (χ1) is 9.49. The molecule has 0 radical (unpaired) electrons. The molecule has 0 aliphatic carbocycles. The van der Waals surface area contributed by atoms with E-state index in [1.54, 1.807) is 4.90 Å². The summed E-state index contributed by atoms with van der Waals surface area (Å²) in [5.41, 5.74) is 0. The molecule has 3 atom stereocenters. The van der Waals surface area contributed by atoms with Crippen molar-refractivity contribution in [2.45, 2.75) is 38.1 Å². The van der Waals surface area contributed by atoms with Crippen LogP contribution in [0.15, 0.2) is 0 Å². The highest BCUT2D eigenvalue weighted by Gasteiger charge is 2.45. The van der Waals surface area contributed by atoms with Gasteiger partial charge in [0.1, 0.15) is 6.04 Å².